The monoisotopic (exact) mass is 309 g/mol. The van der Waals surface area contributed by atoms with Crippen LogP contribution in [0.2, 0.25) is 0 Å². The lowest BCUT2D eigenvalue weighted by Gasteiger charge is -2.42. The van der Waals surface area contributed by atoms with Crippen LogP contribution in [0, 0.1) is 0 Å². The van der Waals surface area contributed by atoms with Crippen molar-refractivity contribution in [2.75, 3.05) is 26.8 Å². The van der Waals surface area contributed by atoms with Crippen LogP contribution in [0.3, 0.4) is 0 Å². The van der Waals surface area contributed by atoms with Crippen molar-refractivity contribution in [3.05, 3.63) is 23.5 Å². The molecule has 1 unspecified atom stereocenters. The van der Waals surface area contributed by atoms with E-state index in [0.29, 0.717) is 31.0 Å². The molecule has 1 aliphatic heterocycles. The predicted octanol–water partition coefficient (Wildman–Crippen LogP) is 0.390. The number of primary amides is 1. The van der Waals surface area contributed by atoms with Gasteiger partial charge in [-0.15, -0.1) is 0 Å². The number of nitrogens with two attached hydrogens (primary N) is 1. The first-order chi connectivity index (χ1) is 10.2. The lowest BCUT2D eigenvalue weighted by molar-refractivity contribution is -0.143. The molecule has 2 heterocycles. The molecule has 0 spiro atoms. The van der Waals surface area contributed by atoms with E-state index in [-0.39, 0.29) is 12.0 Å². The number of nitrogens with zero attached hydrogens (tertiary/aromatic N) is 2. The van der Waals surface area contributed by atoms with Gasteiger partial charge in [0.15, 0.2) is 0 Å². The normalized spacial score (nSPS) is 20.9. The Morgan fingerprint density at radius 3 is 2.73 bits per heavy atom. The molecule has 0 aromatic carbocycles. The second-order valence-electron chi connectivity index (χ2n) is 6.23. The van der Waals surface area contributed by atoms with E-state index in [0.717, 1.165) is 0 Å². The lowest BCUT2D eigenvalue weighted by Crippen LogP contribution is -2.55. The number of aromatic nitrogens is 1. The van der Waals surface area contributed by atoms with E-state index in [2.05, 4.69) is 0 Å². The Hall–Kier alpha value is -1.86. The molecule has 0 aliphatic carbocycles. The van der Waals surface area contributed by atoms with E-state index < -0.39 is 11.5 Å². The second-order valence-corrected chi connectivity index (χ2v) is 6.23. The molecule has 2 N–H and O–H groups in total. The van der Waals surface area contributed by atoms with Gasteiger partial charge in [-0.1, -0.05) is 0 Å². The van der Waals surface area contributed by atoms with Gasteiger partial charge < -0.3 is 24.7 Å². The molecule has 0 radical (unpaired) electrons. The minimum absolute atomic E-state index is 0.146. The third kappa shape index (κ3) is 3.48. The summed E-state index contributed by atoms with van der Waals surface area (Å²) in [6, 6.07) is 1.53. The Morgan fingerprint density at radius 2 is 2.18 bits per heavy atom. The molecule has 2 rings (SSSR count). The second kappa shape index (κ2) is 6.10. The summed E-state index contributed by atoms with van der Waals surface area (Å²) in [7, 11) is 3.32. The zero-order valence-electron chi connectivity index (χ0n) is 13.5. The molecule has 0 bridgehead atoms. The highest BCUT2D eigenvalue weighted by Crippen LogP contribution is 2.23. The Bertz CT molecular complexity index is 579. The van der Waals surface area contributed by atoms with Crippen molar-refractivity contribution >= 4 is 11.8 Å². The van der Waals surface area contributed by atoms with Crippen LogP contribution in [-0.2, 0) is 16.5 Å². The number of ether oxygens (including phenoxy) is 2. The molecule has 1 fully saturated rings. The van der Waals surface area contributed by atoms with Crippen LogP contribution in [0.15, 0.2) is 12.3 Å². The molecule has 7 heteroatoms. The molecule has 122 valence electrons. The lowest BCUT2D eigenvalue weighted by atomic mass is 10.0. The molecular weight excluding hydrogens is 286 g/mol. The van der Waals surface area contributed by atoms with E-state index in [1.165, 1.54) is 6.07 Å². The first kappa shape index (κ1) is 16.5. The van der Waals surface area contributed by atoms with Gasteiger partial charge >= 0.3 is 0 Å². The smallest absolute Gasteiger partial charge is 0.270 e. The zero-order chi connectivity index (χ0) is 16.5. The van der Waals surface area contributed by atoms with E-state index in [1.807, 2.05) is 13.8 Å². The molecule has 1 aliphatic rings. The molecule has 1 atom stereocenters. The van der Waals surface area contributed by atoms with Crippen LogP contribution < -0.4 is 5.73 Å². The third-order valence-electron chi connectivity index (χ3n) is 3.63. The largest absolute Gasteiger partial charge is 0.382 e. The maximum absolute atomic E-state index is 12.8. The van der Waals surface area contributed by atoms with Gasteiger partial charge in [-0.25, -0.2) is 0 Å². The summed E-state index contributed by atoms with van der Waals surface area (Å²) in [4.78, 5) is 25.7. The highest BCUT2D eigenvalue weighted by Gasteiger charge is 2.36. The molecule has 1 aromatic heterocycles. The summed E-state index contributed by atoms with van der Waals surface area (Å²) in [5, 5.41) is 0. The Kier molecular flexibility index (Phi) is 4.58. The fourth-order valence-corrected chi connectivity index (χ4v) is 2.80. The summed E-state index contributed by atoms with van der Waals surface area (Å²) < 4.78 is 12.7. The van der Waals surface area contributed by atoms with Gasteiger partial charge in [0.25, 0.3) is 5.91 Å². The standard InChI is InChI=1S/C15H23N3O4/c1-15(2)9-18(7-11(22-15)8-21-4)14(20)12-5-10(13(16)19)6-17(12)3/h5-6,11H,7-9H2,1-4H3,(H2,16,19). The molecule has 1 saturated heterocycles. The zero-order valence-corrected chi connectivity index (χ0v) is 13.5. The number of methoxy groups -OCH3 is 1. The quantitative estimate of drug-likeness (QED) is 0.871. The molecule has 1 aromatic rings. The number of rotatable bonds is 4. The van der Waals surface area contributed by atoms with Crippen molar-refractivity contribution in [2.24, 2.45) is 12.8 Å². The third-order valence-corrected chi connectivity index (χ3v) is 3.63. The van der Waals surface area contributed by atoms with Crippen molar-refractivity contribution in [2.45, 2.75) is 25.6 Å². The van der Waals surface area contributed by atoms with Crippen LogP contribution in [0.1, 0.15) is 34.7 Å². The molecular formula is C15H23N3O4. The van der Waals surface area contributed by atoms with Crippen molar-refractivity contribution in [3.8, 4) is 0 Å². The highest BCUT2D eigenvalue weighted by molar-refractivity contribution is 5.98. The van der Waals surface area contributed by atoms with Crippen molar-refractivity contribution < 1.29 is 19.1 Å². The van der Waals surface area contributed by atoms with Gasteiger partial charge in [0.05, 0.1) is 23.9 Å². The maximum Gasteiger partial charge on any atom is 0.270 e. The Morgan fingerprint density at radius 1 is 1.50 bits per heavy atom. The van der Waals surface area contributed by atoms with Gasteiger partial charge in [-0.3, -0.25) is 9.59 Å². The van der Waals surface area contributed by atoms with Gasteiger partial charge in [-0.05, 0) is 19.9 Å². The van der Waals surface area contributed by atoms with Crippen LogP contribution in [-0.4, -0.2) is 59.8 Å². The topological polar surface area (TPSA) is 86.8 Å². The Balaban J connectivity index is 2.22. The number of carbonyl (C=O) groups excluding carboxylic acids is 2. The van der Waals surface area contributed by atoms with Gasteiger partial charge in [0, 0.05) is 33.4 Å². The fourth-order valence-electron chi connectivity index (χ4n) is 2.80. The van der Waals surface area contributed by atoms with E-state index in [9.17, 15) is 9.59 Å². The van der Waals surface area contributed by atoms with Crippen LogP contribution in [0.25, 0.3) is 0 Å². The maximum atomic E-state index is 12.8. The number of amides is 2. The van der Waals surface area contributed by atoms with Crippen LogP contribution in [0.5, 0.6) is 0 Å². The summed E-state index contributed by atoms with van der Waals surface area (Å²) in [6.45, 7) is 5.23. The number of carbonyl (C=O) groups is 2. The van der Waals surface area contributed by atoms with Crippen molar-refractivity contribution in [1.82, 2.24) is 9.47 Å². The average Bonchev–Trinajstić information content (AvgIpc) is 2.78. The first-order valence-electron chi connectivity index (χ1n) is 7.15. The number of hydrogen-bond acceptors (Lipinski definition) is 4. The molecule has 0 saturated carbocycles. The van der Waals surface area contributed by atoms with Crippen molar-refractivity contribution in [1.29, 1.82) is 0 Å². The van der Waals surface area contributed by atoms with Crippen LogP contribution >= 0.6 is 0 Å². The van der Waals surface area contributed by atoms with Gasteiger partial charge in [0.1, 0.15) is 5.69 Å². The summed E-state index contributed by atoms with van der Waals surface area (Å²) >= 11 is 0. The summed E-state index contributed by atoms with van der Waals surface area (Å²) in [5.41, 5.74) is 5.57. The minimum Gasteiger partial charge on any atom is -0.382 e. The summed E-state index contributed by atoms with van der Waals surface area (Å²) in [5.74, 6) is -0.693. The summed E-state index contributed by atoms with van der Waals surface area (Å²) in [6.07, 6.45) is 1.39. The average molecular weight is 309 g/mol. The van der Waals surface area contributed by atoms with Crippen LogP contribution in [0.4, 0.5) is 0 Å². The van der Waals surface area contributed by atoms with E-state index in [4.69, 9.17) is 15.2 Å². The molecule has 7 nitrogen and oxygen atoms in total. The fraction of sp³-hybridized carbons (Fsp3) is 0.600. The SMILES string of the molecule is COCC1CN(C(=O)c2cc(C(N)=O)cn2C)CC(C)(C)O1. The first-order valence-corrected chi connectivity index (χ1v) is 7.15. The predicted molar refractivity (Wildman–Crippen MR) is 80.7 cm³/mol. The highest BCUT2D eigenvalue weighted by atomic mass is 16.5. The van der Waals surface area contributed by atoms with Gasteiger partial charge in [-0.2, -0.15) is 0 Å². The number of aryl methyl sites for hydroxylation is 1. The Labute approximate surface area is 130 Å². The molecule has 22 heavy (non-hydrogen) atoms. The van der Waals surface area contributed by atoms with Crippen molar-refractivity contribution in [3.63, 3.8) is 0 Å². The number of morpholine rings is 1. The van der Waals surface area contributed by atoms with E-state index >= 15 is 0 Å². The number of hydrogen-bond donors (Lipinski definition) is 1. The van der Waals surface area contributed by atoms with Gasteiger partial charge in [0.2, 0.25) is 5.91 Å². The molecule has 2 amide bonds. The van der Waals surface area contributed by atoms with E-state index in [1.54, 1.807) is 29.8 Å². The minimum atomic E-state index is -0.547.